The Labute approximate surface area is 161 Å². The van der Waals surface area contributed by atoms with Crippen molar-refractivity contribution in [3.63, 3.8) is 0 Å². The molecule has 0 spiro atoms. The fraction of sp³-hybridized carbons (Fsp3) is 0.636. The first-order valence-electron chi connectivity index (χ1n) is 10.4. The Bertz CT molecular complexity index is 653. The van der Waals surface area contributed by atoms with E-state index in [1.807, 2.05) is 35.2 Å². The zero-order chi connectivity index (χ0) is 18.6. The van der Waals surface area contributed by atoms with Crippen LogP contribution in [0.25, 0.3) is 0 Å². The molecule has 146 valence electrons. The van der Waals surface area contributed by atoms with Crippen molar-refractivity contribution in [1.82, 2.24) is 9.80 Å². The van der Waals surface area contributed by atoms with Gasteiger partial charge in [-0.05, 0) is 31.2 Å². The van der Waals surface area contributed by atoms with Crippen molar-refractivity contribution in [3.8, 4) is 0 Å². The van der Waals surface area contributed by atoms with Crippen LogP contribution in [0.4, 0.5) is 0 Å². The van der Waals surface area contributed by atoms with Gasteiger partial charge in [-0.2, -0.15) is 0 Å². The standard InChI is InChI=1S/C22H30N2O3/c25-21-15-23(22(26)18-11-12-18)13-20(27-16-17-7-3-1-4-8-17)14-24(21)19-9-5-2-6-10-19/h1,3-4,7-8,18-20H,2,5-6,9-16H2/t20-/m1/s1. The predicted molar refractivity (Wildman–Crippen MR) is 103 cm³/mol. The van der Waals surface area contributed by atoms with E-state index in [1.165, 1.54) is 19.3 Å². The molecule has 0 unspecified atom stereocenters. The summed E-state index contributed by atoms with van der Waals surface area (Å²) in [6.07, 6.45) is 7.60. The van der Waals surface area contributed by atoms with E-state index < -0.39 is 0 Å². The van der Waals surface area contributed by atoms with Gasteiger partial charge in [-0.25, -0.2) is 0 Å². The molecule has 5 heteroatoms. The minimum atomic E-state index is -0.124. The van der Waals surface area contributed by atoms with Gasteiger partial charge < -0.3 is 14.5 Å². The van der Waals surface area contributed by atoms with Crippen LogP contribution < -0.4 is 0 Å². The van der Waals surface area contributed by atoms with Crippen molar-refractivity contribution in [2.75, 3.05) is 19.6 Å². The summed E-state index contributed by atoms with van der Waals surface area (Å²) >= 11 is 0. The maximum absolute atomic E-state index is 13.0. The topological polar surface area (TPSA) is 49.9 Å². The summed E-state index contributed by atoms with van der Waals surface area (Å²) in [7, 11) is 0. The second-order valence-electron chi connectivity index (χ2n) is 8.25. The first-order valence-corrected chi connectivity index (χ1v) is 10.4. The van der Waals surface area contributed by atoms with E-state index in [-0.39, 0.29) is 30.4 Å². The van der Waals surface area contributed by atoms with Crippen LogP contribution in [0.15, 0.2) is 30.3 Å². The van der Waals surface area contributed by atoms with Crippen molar-refractivity contribution in [1.29, 1.82) is 0 Å². The van der Waals surface area contributed by atoms with E-state index in [0.29, 0.717) is 25.7 Å². The fourth-order valence-corrected chi connectivity index (χ4v) is 4.34. The molecular weight excluding hydrogens is 340 g/mol. The van der Waals surface area contributed by atoms with Crippen LogP contribution in [-0.4, -0.2) is 53.4 Å². The smallest absolute Gasteiger partial charge is 0.242 e. The van der Waals surface area contributed by atoms with Crippen LogP contribution in [-0.2, 0) is 20.9 Å². The van der Waals surface area contributed by atoms with E-state index in [4.69, 9.17) is 4.74 Å². The zero-order valence-corrected chi connectivity index (χ0v) is 16.0. The number of hydrogen-bond acceptors (Lipinski definition) is 3. The fourth-order valence-electron chi connectivity index (χ4n) is 4.34. The second-order valence-corrected chi connectivity index (χ2v) is 8.25. The summed E-state index contributed by atoms with van der Waals surface area (Å²) in [6, 6.07) is 10.4. The summed E-state index contributed by atoms with van der Waals surface area (Å²) in [5.74, 6) is 0.373. The molecule has 3 aliphatic rings. The van der Waals surface area contributed by atoms with E-state index in [9.17, 15) is 9.59 Å². The number of amides is 2. The summed E-state index contributed by atoms with van der Waals surface area (Å²) in [5.41, 5.74) is 1.12. The van der Waals surface area contributed by atoms with Gasteiger partial charge in [0.25, 0.3) is 0 Å². The van der Waals surface area contributed by atoms with Gasteiger partial charge in [0.15, 0.2) is 0 Å². The molecule has 2 amide bonds. The zero-order valence-electron chi connectivity index (χ0n) is 16.0. The van der Waals surface area contributed by atoms with Crippen molar-refractivity contribution >= 4 is 11.8 Å². The Balaban J connectivity index is 1.47. The van der Waals surface area contributed by atoms with Crippen molar-refractivity contribution in [3.05, 3.63) is 35.9 Å². The molecule has 3 fully saturated rings. The molecule has 2 aliphatic carbocycles. The normalized spacial score (nSPS) is 24.7. The van der Waals surface area contributed by atoms with Gasteiger partial charge in [0.2, 0.25) is 11.8 Å². The number of nitrogens with zero attached hydrogens (tertiary/aromatic N) is 2. The molecule has 0 aromatic heterocycles. The van der Waals surface area contributed by atoms with Crippen LogP contribution >= 0.6 is 0 Å². The Morgan fingerprint density at radius 3 is 2.44 bits per heavy atom. The van der Waals surface area contributed by atoms with Crippen LogP contribution in [0.2, 0.25) is 0 Å². The van der Waals surface area contributed by atoms with E-state index in [2.05, 4.69) is 0 Å². The molecule has 5 nitrogen and oxygen atoms in total. The van der Waals surface area contributed by atoms with Crippen molar-refractivity contribution in [2.24, 2.45) is 5.92 Å². The first-order chi connectivity index (χ1) is 13.2. The highest BCUT2D eigenvalue weighted by molar-refractivity contribution is 5.87. The predicted octanol–water partition coefficient (Wildman–Crippen LogP) is 2.99. The third kappa shape index (κ3) is 4.70. The van der Waals surface area contributed by atoms with Gasteiger partial charge in [0.1, 0.15) is 0 Å². The molecule has 1 aromatic rings. The van der Waals surface area contributed by atoms with Crippen LogP contribution in [0.5, 0.6) is 0 Å². The molecule has 1 aromatic carbocycles. The van der Waals surface area contributed by atoms with E-state index in [0.717, 1.165) is 31.2 Å². The van der Waals surface area contributed by atoms with Gasteiger partial charge in [0, 0.05) is 25.0 Å². The largest absolute Gasteiger partial charge is 0.370 e. The third-order valence-electron chi connectivity index (χ3n) is 6.05. The Morgan fingerprint density at radius 1 is 1.00 bits per heavy atom. The molecule has 27 heavy (non-hydrogen) atoms. The van der Waals surface area contributed by atoms with Gasteiger partial charge in [-0.3, -0.25) is 9.59 Å². The molecular formula is C22H30N2O3. The molecule has 4 rings (SSSR count). The number of carbonyl (C=O) groups excluding carboxylic acids is 2. The van der Waals surface area contributed by atoms with Crippen molar-refractivity contribution < 1.29 is 14.3 Å². The highest BCUT2D eigenvalue weighted by Gasteiger charge is 2.39. The molecule has 1 aliphatic heterocycles. The highest BCUT2D eigenvalue weighted by Crippen LogP contribution is 2.32. The molecule has 0 radical (unpaired) electrons. The summed E-state index contributed by atoms with van der Waals surface area (Å²) < 4.78 is 6.21. The highest BCUT2D eigenvalue weighted by atomic mass is 16.5. The summed E-state index contributed by atoms with van der Waals surface area (Å²) in [5, 5.41) is 0. The lowest BCUT2D eigenvalue weighted by Crippen LogP contribution is -2.46. The van der Waals surface area contributed by atoms with Gasteiger partial charge >= 0.3 is 0 Å². The molecule has 1 saturated heterocycles. The molecule has 2 saturated carbocycles. The SMILES string of the molecule is O=C(C1CC1)N1CC(=O)N(C2CCCCC2)C[C@H](OCc2ccccc2)C1. The number of rotatable bonds is 5. The molecule has 1 atom stereocenters. The summed E-state index contributed by atoms with van der Waals surface area (Å²) in [6.45, 7) is 1.86. The van der Waals surface area contributed by atoms with Gasteiger partial charge in [-0.1, -0.05) is 49.6 Å². The van der Waals surface area contributed by atoms with Crippen LogP contribution in [0.3, 0.4) is 0 Å². The Kier molecular flexibility index (Phi) is 5.77. The van der Waals surface area contributed by atoms with Crippen LogP contribution in [0.1, 0.15) is 50.5 Å². The number of hydrogen-bond donors (Lipinski definition) is 0. The average molecular weight is 370 g/mol. The Morgan fingerprint density at radius 2 is 1.74 bits per heavy atom. The minimum absolute atomic E-state index is 0.0988. The maximum Gasteiger partial charge on any atom is 0.242 e. The quantitative estimate of drug-likeness (QED) is 0.801. The van der Waals surface area contributed by atoms with Crippen LogP contribution in [0, 0.1) is 5.92 Å². The molecule has 0 bridgehead atoms. The number of carbonyl (C=O) groups is 2. The second kappa shape index (κ2) is 8.42. The number of benzene rings is 1. The van der Waals surface area contributed by atoms with E-state index in [1.54, 1.807) is 4.90 Å². The van der Waals surface area contributed by atoms with E-state index >= 15 is 0 Å². The third-order valence-corrected chi connectivity index (χ3v) is 6.05. The van der Waals surface area contributed by atoms with Gasteiger partial charge in [0.05, 0.1) is 19.3 Å². The lowest BCUT2D eigenvalue weighted by molar-refractivity contribution is -0.140. The lowest BCUT2D eigenvalue weighted by Gasteiger charge is -2.34. The van der Waals surface area contributed by atoms with Crippen molar-refractivity contribution in [2.45, 2.75) is 63.7 Å². The molecule has 0 N–H and O–H groups in total. The molecule has 1 heterocycles. The lowest BCUT2D eigenvalue weighted by atomic mass is 9.94. The maximum atomic E-state index is 13.0. The minimum Gasteiger partial charge on any atom is -0.370 e. The average Bonchev–Trinajstić information content (AvgIpc) is 3.55. The monoisotopic (exact) mass is 370 g/mol. The summed E-state index contributed by atoms with van der Waals surface area (Å²) in [4.78, 5) is 29.4. The Hall–Kier alpha value is -1.88. The number of ether oxygens (including phenoxy) is 1. The van der Waals surface area contributed by atoms with Gasteiger partial charge in [-0.15, -0.1) is 0 Å². The first kappa shape index (κ1) is 18.5.